The first-order valence-electron chi connectivity index (χ1n) is 7.32. The van der Waals surface area contributed by atoms with Gasteiger partial charge in [0.05, 0.1) is 6.54 Å². The summed E-state index contributed by atoms with van der Waals surface area (Å²) >= 11 is 0. The van der Waals surface area contributed by atoms with Crippen molar-refractivity contribution in [3.8, 4) is 5.75 Å². The van der Waals surface area contributed by atoms with Gasteiger partial charge in [-0.3, -0.25) is 9.48 Å². The monoisotopic (exact) mass is 285 g/mol. The molecule has 3 rings (SSSR count). The largest absolute Gasteiger partial charge is 0.488 e. The zero-order valence-corrected chi connectivity index (χ0v) is 12.1. The molecule has 0 saturated heterocycles. The molecule has 0 spiro atoms. The van der Waals surface area contributed by atoms with Crippen molar-refractivity contribution >= 4 is 5.91 Å². The number of aromatic nitrogens is 2. The predicted molar refractivity (Wildman–Crippen MR) is 79.4 cm³/mol. The zero-order chi connectivity index (χ0) is 14.7. The normalized spacial score (nSPS) is 16.3. The Morgan fingerprint density at radius 3 is 3.10 bits per heavy atom. The predicted octanol–water partition coefficient (Wildman–Crippen LogP) is 2.03. The van der Waals surface area contributed by atoms with Gasteiger partial charge in [0, 0.05) is 19.2 Å². The number of aryl methyl sites for hydroxylation is 1. The van der Waals surface area contributed by atoms with Gasteiger partial charge in [-0.05, 0) is 24.1 Å². The lowest BCUT2D eigenvalue weighted by Crippen LogP contribution is -2.35. The number of carbonyl (C=O) groups excluding carboxylic acids is 1. The molecular weight excluding hydrogens is 266 g/mol. The number of fused-ring (bicyclic) bond motifs is 1. The molecule has 1 aliphatic rings. The summed E-state index contributed by atoms with van der Waals surface area (Å²) in [6.07, 6.45) is 3.45. The number of hydrogen-bond donors (Lipinski definition) is 1. The smallest absolute Gasteiger partial charge is 0.269 e. The van der Waals surface area contributed by atoms with E-state index in [0.717, 1.165) is 25.1 Å². The first kappa shape index (κ1) is 13.7. The Morgan fingerprint density at radius 2 is 2.29 bits per heavy atom. The van der Waals surface area contributed by atoms with Crippen LogP contribution in [0.2, 0.25) is 0 Å². The van der Waals surface area contributed by atoms with Gasteiger partial charge in [0.25, 0.3) is 5.91 Å². The molecule has 2 heterocycles. The Balaban J connectivity index is 1.56. The van der Waals surface area contributed by atoms with Crippen molar-refractivity contribution in [2.24, 2.45) is 0 Å². The van der Waals surface area contributed by atoms with Gasteiger partial charge < -0.3 is 10.1 Å². The molecule has 0 saturated carbocycles. The number of benzene rings is 1. The molecule has 110 valence electrons. The SMILES string of the molecule is CCCn1nccc1C(=O)NC[C@H]1Cc2ccccc2O1. The van der Waals surface area contributed by atoms with Crippen LogP contribution in [-0.2, 0) is 13.0 Å². The lowest BCUT2D eigenvalue weighted by Gasteiger charge is -2.12. The van der Waals surface area contributed by atoms with E-state index in [9.17, 15) is 4.79 Å². The average Bonchev–Trinajstić information content (AvgIpc) is 3.11. The fourth-order valence-electron chi connectivity index (χ4n) is 2.58. The highest BCUT2D eigenvalue weighted by Crippen LogP contribution is 2.27. The third-order valence-corrected chi connectivity index (χ3v) is 3.59. The fraction of sp³-hybridized carbons (Fsp3) is 0.375. The highest BCUT2D eigenvalue weighted by molar-refractivity contribution is 5.92. The number of nitrogens with one attached hydrogen (secondary N) is 1. The number of para-hydroxylation sites is 1. The molecule has 1 aliphatic heterocycles. The summed E-state index contributed by atoms with van der Waals surface area (Å²) < 4.78 is 7.55. The minimum atomic E-state index is -0.0968. The molecule has 2 aromatic rings. The second-order valence-corrected chi connectivity index (χ2v) is 5.20. The number of ether oxygens (including phenoxy) is 1. The van der Waals surface area contributed by atoms with E-state index in [1.54, 1.807) is 16.9 Å². The van der Waals surface area contributed by atoms with Crippen molar-refractivity contribution in [1.82, 2.24) is 15.1 Å². The van der Waals surface area contributed by atoms with Crippen LogP contribution in [0.25, 0.3) is 0 Å². The third kappa shape index (κ3) is 2.91. The molecule has 5 nitrogen and oxygen atoms in total. The molecule has 21 heavy (non-hydrogen) atoms. The quantitative estimate of drug-likeness (QED) is 0.914. The van der Waals surface area contributed by atoms with Gasteiger partial charge in [0.15, 0.2) is 0 Å². The summed E-state index contributed by atoms with van der Waals surface area (Å²) in [5.74, 6) is 0.827. The van der Waals surface area contributed by atoms with Crippen LogP contribution in [0.3, 0.4) is 0 Å². The van der Waals surface area contributed by atoms with E-state index in [2.05, 4.69) is 23.4 Å². The van der Waals surface area contributed by atoms with Crippen LogP contribution in [0.4, 0.5) is 0 Å². The van der Waals surface area contributed by atoms with Crippen LogP contribution in [0.15, 0.2) is 36.5 Å². The van der Waals surface area contributed by atoms with Crippen LogP contribution in [0.5, 0.6) is 5.75 Å². The van der Waals surface area contributed by atoms with Gasteiger partial charge in [0.1, 0.15) is 17.5 Å². The van der Waals surface area contributed by atoms with Gasteiger partial charge in [-0.25, -0.2) is 0 Å². The summed E-state index contributed by atoms with van der Waals surface area (Å²) in [7, 11) is 0. The molecular formula is C16H19N3O2. The third-order valence-electron chi connectivity index (χ3n) is 3.59. The van der Waals surface area contributed by atoms with E-state index in [1.165, 1.54) is 5.56 Å². The molecule has 5 heteroatoms. The first-order valence-corrected chi connectivity index (χ1v) is 7.32. The molecule has 1 N–H and O–H groups in total. The maximum atomic E-state index is 12.2. The highest BCUT2D eigenvalue weighted by Gasteiger charge is 2.23. The van der Waals surface area contributed by atoms with Crippen LogP contribution in [0, 0.1) is 0 Å². The van der Waals surface area contributed by atoms with Crippen LogP contribution in [0.1, 0.15) is 29.4 Å². The minimum absolute atomic E-state index is 0.00824. The van der Waals surface area contributed by atoms with Gasteiger partial charge >= 0.3 is 0 Å². The summed E-state index contributed by atoms with van der Waals surface area (Å²) in [6.45, 7) is 3.32. The summed E-state index contributed by atoms with van der Waals surface area (Å²) in [6, 6.07) is 9.74. The van der Waals surface area contributed by atoms with Gasteiger partial charge in [0.2, 0.25) is 0 Å². The number of carbonyl (C=O) groups is 1. The maximum absolute atomic E-state index is 12.2. The van der Waals surface area contributed by atoms with Crippen molar-refractivity contribution in [2.75, 3.05) is 6.54 Å². The zero-order valence-electron chi connectivity index (χ0n) is 12.1. The van der Waals surface area contributed by atoms with Crippen molar-refractivity contribution < 1.29 is 9.53 Å². The topological polar surface area (TPSA) is 56.2 Å². The Labute approximate surface area is 123 Å². The summed E-state index contributed by atoms with van der Waals surface area (Å²) in [5.41, 5.74) is 1.81. The maximum Gasteiger partial charge on any atom is 0.269 e. The van der Waals surface area contributed by atoms with Crippen molar-refractivity contribution in [3.63, 3.8) is 0 Å². The number of amides is 1. The molecule has 0 unspecified atom stereocenters. The van der Waals surface area contributed by atoms with Crippen LogP contribution in [-0.4, -0.2) is 28.3 Å². The van der Waals surface area contributed by atoms with Gasteiger partial charge in [-0.2, -0.15) is 5.10 Å². The van der Waals surface area contributed by atoms with Crippen LogP contribution >= 0.6 is 0 Å². The minimum Gasteiger partial charge on any atom is -0.488 e. The molecule has 1 aromatic carbocycles. The van der Waals surface area contributed by atoms with Crippen molar-refractivity contribution in [2.45, 2.75) is 32.4 Å². The Morgan fingerprint density at radius 1 is 1.43 bits per heavy atom. The molecule has 0 fully saturated rings. The molecule has 1 aromatic heterocycles. The Hall–Kier alpha value is -2.30. The summed E-state index contributed by atoms with van der Waals surface area (Å²) in [4.78, 5) is 12.2. The van der Waals surface area contributed by atoms with E-state index in [0.29, 0.717) is 12.2 Å². The Kier molecular flexibility index (Phi) is 3.90. The standard InChI is InChI=1S/C16H19N3O2/c1-2-9-19-14(7-8-18-19)16(20)17-11-13-10-12-5-3-4-6-15(12)21-13/h3-8,13H,2,9-11H2,1H3,(H,17,20)/t13-/m1/s1. The molecule has 0 radical (unpaired) electrons. The number of nitrogens with zero attached hydrogens (tertiary/aromatic N) is 2. The second kappa shape index (κ2) is 5.99. The van der Waals surface area contributed by atoms with E-state index in [1.807, 2.05) is 18.2 Å². The van der Waals surface area contributed by atoms with Crippen molar-refractivity contribution in [1.29, 1.82) is 0 Å². The lowest BCUT2D eigenvalue weighted by molar-refractivity contribution is 0.0922. The summed E-state index contributed by atoms with van der Waals surface area (Å²) in [5, 5.41) is 7.10. The molecule has 0 bridgehead atoms. The molecule has 0 aliphatic carbocycles. The van der Waals surface area contributed by atoms with E-state index in [-0.39, 0.29) is 12.0 Å². The number of rotatable bonds is 5. The Bertz CT molecular complexity index is 611. The fourth-order valence-corrected chi connectivity index (χ4v) is 2.58. The second-order valence-electron chi connectivity index (χ2n) is 5.20. The molecule has 1 atom stereocenters. The van der Waals surface area contributed by atoms with E-state index >= 15 is 0 Å². The van der Waals surface area contributed by atoms with E-state index < -0.39 is 0 Å². The number of hydrogen-bond acceptors (Lipinski definition) is 3. The van der Waals surface area contributed by atoms with Gasteiger partial charge in [-0.15, -0.1) is 0 Å². The van der Waals surface area contributed by atoms with Crippen molar-refractivity contribution in [3.05, 3.63) is 47.8 Å². The first-order chi connectivity index (χ1) is 10.3. The highest BCUT2D eigenvalue weighted by atomic mass is 16.5. The lowest BCUT2D eigenvalue weighted by atomic mass is 10.1. The van der Waals surface area contributed by atoms with Crippen LogP contribution < -0.4 is 10.1 Å². The van der Waals surface area contributed by atoms with E-state index in [4.69, 9.17) is 4.74 Å². The van der Waals surface area contributed by atoms with Gasteiger partial charge in [-0.1, -0.05) is 25.1 Å². The average molecular weight is 285 g/mol. The molecule has 1 amide bonds.